The molecule has 0 saturated carbocycles. The van der Waals surface area contributed by atoms with Gasteiger partial charge in [0.1, 0.15) is 30.5 Å². The molecule has 11 nitrogen and oxygen atoms in total. The molecule has 4 N–H and O–H groups in total. The van der Waals surface area contributed by atoms with E-state index in [1.54, 1.807) is 32.9 Å². The summed E-state index contributed by atoms with van der Waals surface area (Å²) in [4.78, 5) is 38.8. The molecule has 2 aliphatic heterocycles. The lowest BCUT2D eigenvalue weighted by Gasteiger charge is -2.32. The third-order valence-corrected chi connectivity index (χ3v) is 6.89. The molecule has 0 aromatic carbocycles. The van der Waals surface area contributed by atoms with Crippen LogP contribution >= 0.6 is 0 Å². The quantitative estimate of drug-likeness (QED) is 0.267. The zero-order chi connectivity index (χ0) is 28.7. The standard InChI is InChI=1S/C27H42O11/c1-7-14(4)19-9-8-15(5)24(38-27-23(33)22(32)20(12-28)36-27)25(37-21(31)10-13(2)3)18(30)11-17(29)16(6)26(34)35-19/h7-8,13,16-17,19-20,22-25,27-29,32-33H,9-12H2,1-6H3/b14-7-,15-8+. The van der Waals surface area contributed by atoms with Gasteiger partial charge in [-0.05, 0) is 44.8 Å². The summed E-state index contributed by atoms with van der Waals surface area (Å²) in [5.74, 6) is -3.15. The van der Waals surface area contributed by atoms with E-state index in [0.29, 0.717) is 5.57 Å². The largest absolute Gasteiger partial charge is 0.457 e. The van der Waals surface area contributed by atoms with E-state index in [1.807, 2.05) is 13.8 Å². The first-order valence-electron chi connectivity index (χ1n) is 13.0. The minimum Gasteiger partial charge on any atom is -0.457 e. The van der Waals surface area contributed by atoms with Gasteiger partial charge in [0, 0.05) is 19.3 Å². The third kappa shape index (κ3) is 8.17. The van der Waals surface area contributed by atoms with Gasteiger partial charge in [0.25, 0.3) is 0 Å². The lowest BCUT2D eigenvalue weighted by atomic mass is 9.92. The van der Waals surface area contributed by atoms with Gasteiger partial charge in [0.15, 0.2) is 18.2 Å². The highest BCUT2D eigenvalue weighted by atomic mass is 16.7. The summed E-state index contributed by atoms with van der Waals surface area (Å²) in [5.41, 5.74) is 1.17. The summed E-state index contributed by atoms with van der Waals surface area (Å²) < 4.78 is 22.6. The summed E-state index contributed by atoms with van der Waals surface area (Å²) in [6.07, 6.45) is -7.32. The molecule has 1 saturated heterocycles. The van der Waals surface area contributed by atoms with E-state index in [0.717, 1.165) is 5.57 Å². The van der Waals surface area contributed by atoms with Crippen molar-refractivity contribution in [3.8, 4) is 0 Å². The minimum atomic E-state index is -1.55. The van der Waals surface area contributed by atoms with Gasteiger partial charge in [0.05, 0.1) is 18.6 Å². The summed E-state index contributed by atoms with van der Waals surface area (Å²) in [5, 5.41) is 40.8. The van der Waals surface area contributed by atoms with Crippen molar-refractivity contribution < 1.29 is 53.8 Å². The van der Waals surface area contributed by atoms with Gasteiger partial charge in [-0.1, -0.05) is 26.0 Å². The van der Waals surface area contributed by atoms with Crippen LogP contribution in [0.2, 0.25) is 0 Å². The second-order valence-corrected chi connectivity index (χ2v) is 10.4. The van der Waals surface area contributed by atoms with Gasteiger partial charge >= 0.3 is 11.9 Å². The van der Waals surface area contributed by atoms with Crippen LogP contribution in [0.4, 0.5) is 0 Å². The van der Waals surface area contributed by atoms with Crippen molar-refractivity contribution in [2.24, 2.45) is 11.8 Å². The van der Waals surface area contributed by atoms with E-state index in [4.69, 9.17) is 18.9 Å². The topological polar surface area (TPSA) is 169 Å². The van der Waals surface area contributed by atoms with Gasteiger partial charge in [-0.2, -0.15) is 0 Å². The van der Waals surface area contributed by atoms with Gasteiger partial charge in [-0.25, -0.2) is 0 Å². The van der Waals surface area contributed by atoms with Crippen molar-refractivity contribution in [2.75, 3.05) is 6.61 Å². The Labute approximate surface area is 223 Å². The maximum atomic E-state index is 13.4. The van der Waals surface area contributed by atoms with E-state index in [-0.39, 0.29) is 18.8 Å². The van der Waals surface area contributed by atoms with E-state index in [9.17, 15) is 34.8 Å². The van der Waals surface area contributed by atoms with Crippen LogP contribution in [0.1, 0.15) is 60.8 Å². The molecule has 0 aromatic rings. The number of carbonyl (C=O) groups is 3. The number of ketones is 1. The van der Waals surface area contributed by atoms with Crippen LogP contribution in [0.25, 0.3) is 0 Å². The van der Waals surface area contributed by atoms with E-state index in [2.05, 4.69) is 0 Å². The fourth-order valence-electron chi connectivity index (χ4n) is 4.18. The highest BCUT2D eigenvalue weighted by Gasteiger charge is 2.47. The normalized spacial score (nSPS) is 37.2. The van der Waals surface area contributed by atoms with Crippen LogP contribution in [-0.4, -0.2) is 93.8 Å². The molecule has 2 aliphatic rings. The number of ether oxygens (including phenoxy) is 4. The highest BCUT2D eigenvalue weighted by molar-refractivity contribution is 5.87. The Morgan fingerprint density at radius 1 is 1.18 bits per heavy atom. The van der Waals surface area contributed by atoms with Crippen LogP contribution in [0.5, 0.6) is 0 Å². The average molecular weight is 543 g/mol. The summed E-state index contributed by atoms with van der Waals surface area (Å²) in [6.45, 7) is 9.69. The van der Waals surface area contributed by atoms with Gasteiger partial charge in [-0.3, -0.25) is 14.4 Å². The number of cyclic esters (lactones) is 1. The molecule has 0 amide bonds. The predicted molar refractivity (Wildman–Crippen MR) is 134 cm³/mol. The first-order valence-corrected chi connectivity index (χ1v) is 13.0. The minimum absolute atomic E-state index is 0.0148. The van der Waals surface area contributed by atoms with Crippen molar-refractivity contribution in [3.05, 3.63) is 23.3 Å². The number of rotatable bonds is 7. The van der Waals surface area contributed by atoms with Crippen LogP contribution < -0.4 is 0 Å². The van der Waals surface area contributed by atoms with Crippen LogP contribution in [0.15, 0.2) is 23.3 Å². The Morgan fingerprint density at radius 3 is 2.39 bits per heavy atom. The van der Waals surface area contributed by atoms with E-state index in [1.165, 1.54) is 6.92 Å². The van der Waals surface area contributed by atoms with Crippen molar-refractivity contribution in [1.29, 1.82) is 0 Å². The van der Waals surface area contributed by atoms with Crippen molar-refractivity contribution >= 4 is 17.7 Å². The zero-order valence-electron chi connectivity index (χ0n) is 22.9. The number of carbonyl (C=O) groups excluding carboxylic acids is 3. The molecular formula is C27H42O11. The molecule has 216 valence electrons. The van der Waals surface area contributed by atoms with Crippen molar-refractivity contribution in [3.63, 3.8) is 0 Å². The number of hydrogen-bond acceptors (Lipinski definition) is 11. The Bertz CT molecular complexity index is 895. The monoisotopic (exact) mass is 542 g/mol. The fourth-order valence-corrected chi connectivity index (χ4v) is 4.18. The molecule has 1 fully saturated rings. The summed E-state index contributed by atoms with van der Waals surface area (Å²) in [6, 6.07) is 0. The van der Waals surface area contributed by atoms with Gasteiger partial charge in [-0.15, -0.1) is 0 Å². The maximum Gasteiger partial charge on any atom is 0.311 e. The first kappa shape index (κ1) is 32.1. The molecule has 2 rings (SSSR count). The Kier molecular flexibility index (Phi) is 12.1. The van der Waals surface area contributed by atoms with Crippen LogP contribution in [0, 0.1) is 11.8 Å². The Balaban J connectivity index is 2.55. The molecule has 9 unspecified atom stereocenters. The zero-order valence-corrected chi connectivity index (χ0v) is 22.9. The smallest absolute Gasteiger partial charge is 0.311 e. The third-order valence-electron chi connectivity index (χ3n) is 6.89. The number of Topliss-reactive ketones (excluding diaryl/α,β-unsaturated/α-hetero) is 1. The van der Waals surface area contributed by atoms with E-state index < -0.39 is 85.7 Å². The van der Waals surface area contributed by atoms with Gasteiger partial charge < -0.3 is 39.4 Å². The van der Waals surface area contributed by atoms with Crippen molar-refractivity contribution in [2.45, 2.75) is 110 Å². The molecule has 38 heavy (non-hydrogen) atoms. The summed E-state index contributed by atoms with van der Waals surface area (Å²) in [7, 11) is 0. The molecule has 0 spiro atoms. The molecule has 0 radical (unpaired) electrons. The Morgan fingerprint density at radius 2 is 1.84 bits per heavy atom. The maximum absolute atomic E-state index is 13.4. The van der Waals surface area contributed by atoms with Crippen LogP contribution in [-0.2, 0) is 33.3 Å². The lowest BCUT2D eigenvalue weighted by Crippen LogP contribution is -2.47. The molecule has 11 heteroatoms. The van der Waals surface area contributed by atoms with Gasteiger partial charge in [0.2, 0.25) is 0 Å². The number of aliphatic hydroxyl groups excluding tert-OH is 4. The number of aliphatic hydroxyl groups is 4. The number of allylic oxidation sites excluding steroid dienone is 1. The molecule has 0 aromatic heterocycles. The van der Waals surface area contributed by atoms with E-state index >= 15 is 0 Å². The molecule has 2 heterocycles. The predicted octanol–water partition coefficient (Wildman–Crippen LogP) is 0.953. The first-order chi connectivity index (χ1) is 17.8. The molecule has 0 bridgehead atoms. The van der Waals surface area contributed by atoms with Crippen LogP contribution in [0.3, 0.4) is 0 Å². The number of esters is 2. The second-order valence-electron chi connectivity index (χ2n) is 10.4. The molecular weight excluding hydrogens is 500 g/mol. The SMILES string of the molecule is C/C=C(/C)C1C/C=C(\C)C(OC2OC(CO)C(O)C2O)C(OC(=O)CC(C)C)C(=O)CC(O)C(C)C(=O)O1. The number of hydrogen-bond donors (Lipinski definition) is 4. The van der Waals surface area contributed by atoms with Crippen molar-refractivity contribution in [1.82, 2.24) is 0 Å². The highest BCUT2D eigenvalue weighted by Crippen LogP contribution is 2.29. The Hall–Kier alpha value is -2.15. The average Bonchev–Trinajstić information content (AvgIpc) is 3.13. The molecule has 0 aliphatic carbocycles. The second kappa shape index (κ2) is 14.3. The summed E-state index contributed by atoms with van der Waals surface area (Å²) >= 11 is 0. The fraction of sp³-hybridized carbons (Fsp3) is 0.741. The lowest BCUT2D eigenvalue weighted by molar-refractivity contribution is -0.209. The molecule has 9 atom stereocenters.